The summed E-state index contributed by atoms with van der Waals surface area (Å²) in [7, 11) is 0. The Hall–Kier alpha value is -2.63. The molecule has 2 rings (SSSR count). The number of oxime groups is 1. The summed E-state index contributed by atoms with van der Waals surface area (Å²) in [5, 5.41) is 6.74. The van der Waals surface area contributed by atoms with Crippen LogP contribution in [0, 0.1) is 0 Å². The van der Waals surface area contributed by atoms with Crippen LogP contribution in [0.15, 0.2) is 47.3 Å². The van der Waals surface area contributed by atoms with Crippen LogP contribution >= 0.6 is 0 Å². The predicted octanol–water partition coefficient (Wildman–Crippen LogP) is 6.30. The van der Waals surface area contributed by atoms with Crippen molar-refractivity contribution >= 4 is 17.6 Å². The van der Waals surface area contributed by atoms with Gasteiger partial charge in [-0.25, -0.2) is 4.79 Å². The van der Waals surface area contributed by atoms with E-state index < -0.39 is 11.7 Å². The molecule has 6 heteroatoms. The molecule has 0 radical (unpaired) electrons. The molecule has 0 saturated heterocycles. The highest BCUT2D eigenvalue weighted by molar-refractivity contribution is 6.16. The van der Waals surface area contributed by atoms with E-state index in [2.05, 4.69) is 17.4 Å². The molecule has 1 aliphatic heterocycles. The SMILES string of the molecule is CCCCCCCCCCCCNC(=O)ON=C(C1=CC(=O)C(C)(C)O1)c1ccccc1. The molecule has 6 nitrogen and oxygen atoms in total. The van der Waals surface area contributed by atoms with Crippen LogP contribution in [0.2, 0.25) is 0 Å². The quantitative estimate of drug-likeness (QED) is 0.159. The number of ketones is 1. The molecule has 0 aliphatic carbocycles. The van der Waals surface area contributed by atoms with Crippen LogP contribution in [-0.2, 0) is 14.4 Å². The first-order valence-electron chi connectivity index (χ1n) is 12.0. The lowest BCUT2D eigenvalue weighted by molar-refractivity contribution is -0.126. The van der Waals surface area contributed by atoms with Gasteiger partial charge in [0.15, 0.2) is 17.1 Å². The van der Waals surface area contributed by atoms with Crippen molar-refractivity contribution in [3.05, 3.63) is 47.7 Å². The van der Waals surface area contributed by atoms with Crippen LogP contribution in [0.1, 0.15) is 90.5 Å². The molecule has 1 N–H and O–H groups in total. The molecule has 32 heavy (non-hydrogen) atoms. The van der Waals surface area contributed by atoms with E-state index in [-0.39, 0.29) is 5.78 Å². The molecule has 0 fully saturated rings. The molecule has 0 bridgehead atoms. The third-order valence-corrected chi connectivity index (χ3v) is 5.52. The van der Waals surface area contributed by atoms with Crippen molar-refractivity contribution in [1.29, 1.82) is 0 Å². The number of carbonyl (C=O) groups excluding carboxylic acids is 2. The third-order valence-electron chi connectivity index (χ3n) is 5.52. The fourth-order valence-corrected chi connectivity index (χ4v) is 3.52. The molecule has 0 atom stereocenters. The zero-order chi connectivity index (χ0) is 23.2. The molecule has 0 spiro atoms. The number of amides is 1. The Kier molecular flexibility index (Phi) is 11.0. The normalized spacial score (nSPS) is 15.3. The van der Waals surface area contributed by atoms with Crippen LogP contribution in [0.25, 0.3) is 0 Å². The minimum atomic E-state index is -0.956. The number of hydrogen-bond acceptors (Lipinski definition) is 5. The van der Waals surface area contributed by atoms with E-state index >= 15 is 0 Å². The van der Waals surface area contributed by atoms with Gasteiger partial charge in [-0.1, -0.05) is 100 Å². The van der Waals surface area contributed by atoms with Crippen LogP contribution in [0.5, 0.6) is 0 Å². The highest BCUT2D eigenvalue weighted by Crippen LogP contribution is 2.27. The molecule has 176 valence electrons. The van der Waals surface area contributed by atoms with Gasteiger partial charge in [-0.2, -0.15) is 0 Å². The molecule has 1 aromatic carbocycles. The second-order valence-corrected chi connectivity index (χ2v) is 8.78. The summed E-state index contributed by atoms with van der Waals surface area (Å²) < 4.78 is 5.75. The van der Waals surface area contributed by atoms with Crippen molar-refractivity contribution in [3.8, 4) is 0 Å². The smallest absolute Gasteiger partial charge is 0.433 e. The summed E-state index contributed by atoms with van der Waals surface area (Å²) >= 11 is 0. The van der Waals surface area contributed by atoms with Crippen LogP contribution in [0.3, 0.4) is 0 Å². The second-order valence-electron chi connectivity index (χ2n) is 8.78. The van der Waals surface area contributed by atoms with Gasteiger partial charge in [-0.15, -0.1) is 0 Å². The summed E-state index contributed by atoms with van der Waals surface area (Å²) in [4.78, 5) is 29.3. The monoisotopic (exact) mass is 442 g/mol. The molecular formula is C26H38N2O4. The standard InChI is InChI=1S/C26H38N2O4/c1-4-5-6-7-8-9-10-11-12-16-19-27-25(30)32-28-24(21-17-14-13-15-18-21)22-20-23(29)26(2,3)31-22/h13-15,17-18,20H,4-12,16,19H2,1-3H3,(H,27,30). The zero-order valence-corrected chi connectivity index (χ0v) is 19.8. The van der Waals surface area contributed by atoms with Crippen molar-refractivity contribution in [3.63, 3.8) is 0 Å². The molecule has 1 aromatic rings. The number of unbranched alkanes of at least 4 members (excludes halogenated alkanes) is 9. The highest BCUT2D eigenvalue weighted by Gasteiger charge is 2.37. The Labute approximate surface area is 192 Å². The number of benzene rings is 1. The minimum Gasteiger partial charge on any atom is -0.477 e. The second kappa shape index (κ2) is 13.7. The van der Waals surface area contributed by atoms with Gasteiger partial charge >= 0.3 is 6.09 Å². The number of carbonyl (C=O) groups is 2. The number of nitrogens with zero attached hydrogens (tertiary/aromatic N) is 1. The summed E-state index contributed by atoms with van der Waals surface area (Å²) in [6.45, 7) is 6.18. The summed E-state index contributed by atoms with van der Waals surface area (Å²) in [6.07, 6.45) is 13.2. The van der Waals surface area contributed by atoms with Gasteiger partial charge in [0.25, 0.3) is 0 Å². The Morgan fingerprint density at radius 2 is 1.56 bits per heavy atom. The predicted molar refractivity (Wildman–Crippen MR) is 128 cm³/mol. The first-order chi connectivity index (χ1) is 15.4. The molecule has 0 saturated carbocycles. The van der Waals surface area contributed by atoms with E-state index in [9.17, 15) is 9.59 Å². The molecular weight excluding hydrogens is 404 g/mol. The average Bonchev–Trinajstić information content (AvgIpc) is 3.05. The van der Waals surface area contributed by atoms with Gasteiger partial charge < -0.3 is 10.1 Å². The lowest BCUT2D eigenvalue weighted by atomic mass is 10.1. The lowest BCUT2D eigenvalue weighted by Crippen LogP contribution is -2.28. The van der Waals surface area contributed by atoms with Crippen molar-refractivity contribution in [2.75, 3.05) is 6.54 Å². The number of hydrogen-bond donors (Lipinski definition) is 1. The number of nitrogens with one attached hydrogen (secondary N) is 1. The first kappa shape index (κ1) is 25.6. The maximum atomic E-state index is 12.1. The largest absolute Gasteiger partial charge is 0.477 e. The van der Waals surface area contributed by atoms with E-state index in [1.54, 1.807) is 13.8 Å². The van der Waals surface area contributed by atoms with E-state index in [0.29, 0.717) is 23.6 Å². The number of ether oxygens (including phenoxy) is 1. The third kappa shape index (κ3) is 8.85. The summed E-state index contributed by atoms with van der Waals surface area (Å²) in [5.41, 5.74) is 0.0631. The summed E-state index contributed by atoms with van der Waals surface area (Å²) in [6, 6.07) is 9.21. The Balaban J connectivity index is 1.73. The average molecular weight is 443 g/mol. The van der Waals surface area contributed by atoms with Crippen LogP contribution in [0.4, 0.5) is 4.79 Å². The van der Waals surface area contributed by atoms with E-state index in [1.807, 2.05) is 30.3 Å². The van der Waals surface area contributed by atoms with Crippen LogP contribution in [-0.4, -0.2) is 29.7 Å². The van der Waals surface area contributed by atoms with E-state index in [4.69, 9.17) is 9.57 Å². The maximum Gasteiger partial charge on any atom is 0.433 e. The van der Waals surface area contributed by atoms with Crippen molar-refractivity contribution < 1.29 is 19.2 Å². The molecule has 0 unspecified atom stereocenters. The number of rotatable bonds is 14. The van der Waals surface area contributed by atoms with Gasteiger partial charge in [-0.05, 0) is 20.3 Å². The van der Waals surface area contributed by atoms with E-state index in [0.717, 1.165) is 12.8 Å². The lowest BCUT2D eigenvalue weighted by Gasteiger charge is -2.18. The minimum absolute atomic E-state index is 0.151. The van der Waals surface area contributed by atoms with Crippen molar-refractivity contribution in [2.45, 2.75) is 90.6 Å². The Morgan fingerprint density at radius 3 is 2.12 bits per heavy atom. The fraction of sp³-hybridized carbons (Fsp3) is 0.577. The van der Waals surface area contributed by atoms with Crippen molar-refractivity contribution in [2.24, 2.45) is 5.16 Å². The topological polar surface area (TPSA) is 77.0 Å². The van der Waals surface area contributed by atoms with Gasteiger partial charge in [0, 0.05) is 18.2 Å². The fourth-order valence-electron chi connectivity index (χ4n) is 3.52. The zero-order valence-electron chi connectivity index (χ0n) is 19.8. The Morgan fingerprint density at radius 1 is 0.969 bits per heavy atom. The molecule has 1 aliphatic rings. The van der Waals surface area contributed by atoms with Gasteiger partial charge in [0.1, 0.15) is 0 Å². The van der Waals surface area contributed by atoms with Gasteiger partial charge in [0.05, 0.1) is 0 Å². The van der Waals surface area contributed by atoms with Gasteiger partial charge in [0.2, 0.25) is 5.78 Å². The Bertz CT molecular complexity index is 784. The van der Waals surface area contributed by atoms with Gasteiger partial charge in [-0.3, -0.25) is 9.63 Å². The molecule has 0 aromatic heterocycles. The van der Waals surface area contributed by atoms with E-state index in [1.165, 1.54) is 57.4 Å². The molecule has 1 heterocycles. The summed E-state index contributed by atoms with van der Waals surface area (Å²) in [5.74, 6) is 0.148. The maximum absolute atomic E-state index is 12.1. The molecule has 1 amide bonds. The first-order valence-corrected chi connectivity index (χ1v) is 12.0. The number of allylic oxidation sites excluding steroid dienone is 1. The highest BCUT2D eigenvalue weighted by atomic mass is 16.7. The van der Waals surface area contributed by atoms with Crippen LogP contribution < -0.4 is 5.32 Å². The van der Waals surface area contributed by atoms with Crippen molar-refractivity contribution in [1.82, 2.24) is 5.32 Å².